The second-order valence-electron chi connectivity index (χ2n) is 6.38. The Hall–Kier alpha value is -2.01. The van der Waals surface area contributed by atoms with Gasteiger partial charge in [-0.15, -0.1) is 0 Å². The molecule has 1 aliphatic heterocycles. The summed E-state index contributed by atoms with van der Waals surface area (Å²) in [6.45, 7) is 4.05. The SMILES string of the molecule is Cc1cc(CNC(=O)N2CCC(c3ccnn3C)CC2)ccc1Cl. The molecule has 1 aromatic carbocycles. The number of aromatic nitrogens is 2. The average Bonchev–Trinajstić information content (AvgIpc) is 3.02. The minimum absolute atomic E-state index is 0.00561. The number of amides is 2. The number of urea groups is 1. The number of rotatable bonds is 3. The first kappa shape index (κ1) is 16.8. The van der Waals surface area contributed by atoms with Crippen molar-refractivity contribution in [3.63, 3.8) is 0 Å². The molecule has 3 rings (SSSR count). The molecule has 6 heteroatoms. The van der Waals surface area contributed by atoms with E-state index in [4.69, 9.17) is 11.6 Å². The van der Waals surface area contributed by atoms with E-state index in [0.29, 0.717) is 12.5 Å². The number of aryl methyl sites for hydroxylation is 2. The Morgan fingerprint density at radius 1 is 1.33 bits per heavy atom. The maximum absolute atomic E-state index is 12.4. The normalized spacial score (nSPS) is 15.5. The van der Waals surface area contributed by atoms with Crippen LogP contribution in [0, 0.1) is 6.92 Å². The fourth-order valence-corrected chi connectivity index (χ4v) is 3.39. The van der Waals surface area contributed by atoms with Crippen molar-refractivity contribution in [3.05, 3.63) is 52.3 Å². The number of nitrogens with one attached hydrogen (secondary N) is 1. The maximum atomic E-state index is 12.4. The summed E-state index contributed by atoms with van der Waals surface area (Å²) in [7, 11) is 1.97. The van der Waals surface area contributed by atoms with Crippen molar-refractivity contribution in [2.45, 2.75) is 32.2 Å². The van der Waals surface area contributed by atoms with Crippen molar-refractivity contribution >= 4 is 17.6 Å². The van der Waals surface area contributed by atoms with Crippen LogP contribution < -0.4 is 5.32 Å². The van der Waals surface area contributed by atoms with Crippen molar-refractivity contribution in [1.29, 1.82) is 0 Å². The molecule has 24 heavy (non-hydrogen) atoms. The quantitative estimate of drug-likeness (QED) is 0.925. The van der Waals surface area contributed by atoms with Crippen LogP contribution >= 0.6 is 11.6 Å². The second kappa shape index (κ2) is 7.26. The van der Waals surface area contributed by atoms with Crippen molar-refractivity contribution in [2.24, 2.45) is 7.05 Å². The molecule has 1 fully saturated rings. The van der Waals surface area contributed by atoms with Gasteiger partial charge in [-0.3, -0.25) is 4.68 Å². The van der Waals surface area contributed by atoms with Gasteiger partial charge in [-0.25, -0.2) is 4.79 Å². The van der Waals surface area contributed by atoms with E-state index in [-0.39, 0.29) is 6.03 Å². The summed E-state index contributed by atoms with van der Waals surface area (Å²) in [4.78, 5) is 14.3. The summed E-state index contributed by atoms with van der Waals surface area (Å²) in [5.41, 5.74) is 3.35. The zero-order valence-electron chi connectivity index (χ0n) is 14.1. The fourth-order valence-electron chi connectivity index (χ4n) is 3.27. The van der Waals surface area contributed by atoms with E-state index >= 15 is 0 Å². The minimum Gasteiger partial charge on any atom is -0.334 e. The van der Waals surface area contributed by atoms with Crippen LogP contribution in [0.1, 0.15) is 35.6 Å². The van der Waals surface area contributed by atoms with Crippen LogP contribution in [0.15, 0.2) is 30.5 Å². The Labute approximate surface area is 147 Å². The highest BCUT2D eigenvalue weighted by atomic mass is 35.5. The van der Waals surface area contributed by atoms with Crippen molar-refractivity contribution in [1.82, 2.24) is 20.0 Å². The molecule has 1 aliphatic rings. The van der Waals surface area contributed by atoms with Gasteiger partial charge in [0.25, 0.3) is 0 Å². The highest BCUT2D eigenvalue weighted by molar-refractivity contribution is 6.31. The zero-order valence-corrected chi connectivity index (χ0v) is 14.9. The molecular formula is C18H23ClN4O. The van der Waals surface area contributed by atoms with Gasteiger partial charge in [0.05, 0.1) is 0 Å². The minimum atomic E-state index is 0.00561. The predicted molar refractivity (Wildman–Crippen MR) is 95.2 cm³/mol. The molecule has 0 aliphatic carbocycles. The predicted octanol–water partition coefficient (Wildman–Crippen LogP) is 3.47. The monoisotopic (exact) mass is 346 g/mol. The van der Waals surface area contributed by atoms with Crippen molar-refractivity contribution < 1.29 is 4.79 Å². The molecule has 1 aromatic heterocycles. The molecular weight excluding hydrogens is 324 g/mol. The van der Waals surface area contributed by atoms with Crippen LogP contribution in [-0.4, -0.2) is 33.8 Å². The molecule has 1 N–H and O–H groups in total. The van der Waals surface area contributed by atoms with Gasteiger partial charge < -0.3 is 10.2 Å². The Morgan fingerprint density at radius 3 is 2.71 bits per heavy atom. The number of likely N-dealkylation sites (tertiary alicyclic amines) is 1. The lowest BCUT2D eigenvalue weighted by molar-refractivity contribution is 0.180. The molecule has 0 saturated carbocycles. The lowest BCUT2D eigenvalue weighted by atomic mass is 9.93. The van der Waals surface area contributed by atoms with Gasteiger partial charge in [0, 0.05) is 49.5 Å². The maximum Gasteiger partial charge on any atom is 0.317 e. The summed E-state index contributed by atoms with van der Waals surface area (Å²) < 4.78 is 1.93. The molecule has 0 unspecified atom stereocenters. The Kier molecular flexibility index (Phi) is 5.09. The van der Waals surface area contributed by atoms with Gasteiger partial charge in [-0.1, -0.05) is 23.7 Å². The third kappa shape index (κ3) is 3.73. The molecule has 0 atom stereocenters. The number of piperidine rings is 1. The number of halogens is 1. The Balaban J connectivity index is 1.50. The second-order valence-corrected chi connectivity index (χ2v) is 6.79. The van der Waals surface area contributed by atoms with Crippen LogP contribution in [0.25, 0.3) is 0 Å². The first-order valence-electron chi connectivity index (χ1n) is 8.30. The van der Waals surface area contributed by atoms with Gasteiger partial charge in [-0.05, 0) is 43.0 Å². The highest BCUT2D eigenvalue weighted by Crippen LogP contribution is 2.27. The first-order chi connectivity index (χ1) is 11.5. The molecule has 128 valence electrons. The van der Waals surface area contributed by atoms with Crippen LogP contribution in [-0.2, 0) is 13.6 Å². The number of carbonyl (C=O) groups is 1. The fraction of sp³-hybridized carbons (Fsp3) is 0.444. The van der Waals surface area contributed by atoms with E-state index in [1.54, 1.807) is 0 Å². The average molecular weight is 347 g/mol. The van der Waals surface area contributed by atoms with Crippen molar-refractivity contribution in [3.8, 4) is 0 Å². The molecule has 1 saturated heterocycles. The summed E-state index contributed by atoms with van der Waals surface area (Å²) in [5, 5.41) is 7.99. The molecule has 2 amide bonds. The first-order valence-corrected chi connectivity index (χ1v) is 8.68. The molecule has 2 aromatic rings. The summed E-state index contributed by atoms with van der Waals surface area (Å²) in [6, 6.07) is 7.91. The number of carbonyl (C=O) groups excluding carboxylic acids is 1. The van der Waals surface area contributed by atoms with Gasteiger partial charge in [0.15, 0.2) is 0 Å². The van der Waals surface area contributed by atoms with E-state index in [1.807, 2.05) is 47.9 Å². The lowest BCUT2D eigenvalue weighted by Crippen LogP contribution is -2.44. The molecule has 5 nitrogen and oxygen atoms in total. The van der Waals surface area contributed by atoms with E-state index in [2.05, 4.69) is 16.5 Å². The Morgan fingerprint density at radius 2 is 2.08 bits per heavy atom. The van der Waals surface area contributed by atoms with Gasteiger partial charge in [0.2, 0.25) is 0 Å². The van der Waals surface area contributed by atoms with Gasteiger partial charge in [-0.2, -0.15) is 5.10 Å². The third-order valence-corrected chi connectivity index (χ3v) is 5.15. The zero-order chi connectivity index (χ0) is 17.1. The molecule has 2 heterocycles. The Bertz CT molecular complexity index is 720. The number of nitrogens with zero attached hydrogens (tertiary/aromatic N) is 3. The summed E-state index contributed by atoms with van der Waals surface area (Å²) >= 11 is 6.03. The lowest BCUT2D eigenvalue weighted by Gasteiger charge is -2.32. The van der Waals surface area contributed by atoms with Gasteiger partial charge in [0.1, 0.15) is 0 Å². The standard InChI is InChI=1S/C18H23ClN4O/c1-13-11-14(3-4-16(13)19)12-20-18(24)23-9-6-15(7-10-23)17-5-8-21-22(17)2/h3-5,8,11,15H,6-7,9-10,12H2,1-2H3,(H,20,24). The topological polar surface area (TPSA) is 50.2 Å². The summed E-state index contributed by atoms with van der Waals surface area (Å²) in [6.07, 6.45) is 3.79. The molecule has 0 bridgehead atoms. The smallest absolute Gasteiger partial charge is 0.317 e. The molecule has 0 radical (unpaired) electrons. The van der Waals surface area contributed by atoms with Crippen LogP contribution in [0.2, 0.25) is 5.02 Å². The van der Waals surface area contributed by atoms with Crippen molar-refractivity contribution in [2.75, 3.05) is 13.1 Å². The van der Waals surface area contributed by atoms with E-state index in [0.717, 1.165) is 42.1 Å². The number of benzene rings is 1. The van der Waals surface area contributed by atoms with E-state index < -0.39 is 0 Å². The number of hydrogen-bond acceptors (Lipinski definition) is 2. The third-order valence-electron chi connectivity index (χ3n) is 4.73. The largest absolute Gasteiger partial charge is 0.334 e. The summed E-state index contributed by atoms with van der Waals surface area (Å²) in [5.74, 6) is 0.487. The van der Waals surface area contributed by atoms with E-state index in [1.165, 1.54) is 5.69 Å². The van der Waals surface area contributed by atoms with Gasteiger partial charge >= 0.3 is 6.03 Å². The molecule has 0 spiro atoms. The van der Waals surface area contributed by atoms with Crippen LogP contribution in [0.4, 0.5) is 4.79 Å². The van der Waals surface area contributed by atoms with Crippen LogP contribution in [0.5, 0.6) is 0 Å². The number of hydrogen-bond donors (Lipinski definition) is 1. The highest BCUT2D eigenvalue weighted by Gasteiger charge is 2.25. The van der Waals surface area contributed by atoms with Crippen LogP contribution in [0.3, 0.4) is 0 Å². The van der Waals surface area contributed by atoms with E-state index in [9.17, 15) is 4.79 Å².